The van der Waals surface area contributed by atoms with Gasteiger partial charge in [0, 0.05) is 5.56 Å². The highest BCUT2D eigenvalue weighted by Gasteiger charge is 2.33. The number of fused-ring (bicyclic) bond motifs is 3. The molecule has 2 heterocycles. The zero-order valence-electron chi connectivity index (χ0n) is 19.7. The number of benzene rings is 3. The van der Waals surface area contributed by atoms with E-state index < -0.39 is 0 Å². The van der Waals surface area contributed by atoms with Crippen LogP contribution in [0, 0.1) is 19.3 Å². The van der Waals surface area contributed by atoms with Crippen molar-refractivity contribution in [2.75, 3.05) is 0 Å². The second-order valence-electron chi connectivity index (χ2n) is 10.7. The second kappa shape index (κ2) is 6.78. The number of hydrogen-bond acceptors (Lipinski definition) is 2. The Bertz CT molecular complexity index is 1410. The molecule has 162 valence electrons. The molecule has 0 atom stereocenters. The van der Waals surface area contributed by atoms with Gasteiger partial charge in [0.05, 0.1) is 12.6 Å². The van der Waals surface area contributed by atoms with Crippen molar-refractivity contribution < 1.29 is 9.30 Å². The van der Waals surface area contributed by atoms with Crippen molar-refractivity contribution in [1.82, 2.24) is 4.98 Å². The van der Waals surface area contributed by atoms with Crippen LogP contribution in [0.25, 0.3) is 32.9 Å². The molecule has 2 aliphatic rings. The van der Waals surface area contributed by atoms with Crippen molar-refractivity contribution in [1.29, 1.82) is 0 Å². The van der Waals surface area contributed by atoms with E-state index in [0.29, 0.717) is 11.3 Å². The standard InChI is InChI=1S/C29H31N2O/c1-17-21-8-6-7-9-22(21)18(2)28-25(17)27-26-23(30-16-31(27)5)14-20(15-24(26)32-28)19-10-12-29(3,4)13-11-19/h6-9,14-16,19H,10-13H2,1-5H3/q+1. The summed E-state index contributed by atoms with van der Waals surface area (Å²) in [6, 6.07) is 13.3. The third-order valence-electron chi connectivity index (χ3n) is 8.00. The number of rotatable bonds is 1. The van der Waals surface area contributed by atoms with Crippen molar-refractivity contribution in [3.8, 4) is 22.8 Å². The Labute approximate surface area is 190 Å². The molecule has 6 rings (SSSR count). The molecular weight excluding hydrogens is 392 g/mol. The number of aromatic nitrogens is 2. The Hall–Kier alpha value is -2.94. The zero-order chi connectivity index (χ0) is 22.2. The smallest absolute Gasteiger partial charge is 0.287 e. The lowest BCUT2D eigenvalue weighted by Crippen LogP contribution is -2.33. The van der Waals surface area contributed by atoms with Crippen molar-refractivity contribution in [2.45, 2.75) is 59.3 Å². The van der Waals surface area contributed by atoms with Gasteiger partial charge in [0.2, 0.25) is 0 Å². The summed E-state index contributed by atoms with van der Waals surface area (Å²) in [5.41, 5.74) is 7.80. The minimum absolute atomic E-state index is 0.464. The molecule has 0 spiro atoms. The fourth-order valence-electron chi connectivity index (χ4n) is 5.97. The molecule has 1 saturated carbocycles. The lowest BCUT2D eigenvalue weighted by Gasteiger charge is -2.34. The van der Waals surface area contributed by atoms with Gasteiger partial charge in [0.15, 0.2) is 11.2 Å². The lowest BCUT2D eigenvalue weighted by molar-refractivity contribution is -0.662. The van der Waals surface area contributed by atoms with Crippen LogP contribution in [0.5, 0.6) is 11.5 Å². The maximum Gasteiger partial charge on any atom is 0.287 e. The van der Waals surface area contributed by atoms with Crippen molar-refractivity contribution in [3.63, 3.8) is 0 Å². The van der Waals surface area contributed by atoms with Crippen LogP contribution in [0.4, 0.5) is 0 Å². The maximum atomic E-state index is 6.74. The molecule has 0 saturated heterocycles. The largest absolute Gasteiger partial charge is 0.455 e. The monoisotopic (exact) mass is 423 g/mol. The summed E-state index contributed by atoms with van der Waals surface area (Å²) in [4.78, 5) is 4.84. The second-order valence-corrected chi connectivity index (χ2v) is 10.7. The van der Waals surface area contributed by atoms with Crippen LogP contribution in [0.1, 0.15) is 62.1 Å². The van der Waals surface area contributed by atoms with Gasteiger partial charge < -0.3 is 4.74 Å². The molecule has 1 aromatic heterocycles. The van der Waals surface area contributed by atoms with Crippen LogP contribution in [0.2, 0.25) is 0 Å². The van der Waals surface area contributed by atoms with Gasteiger partial charge in [-0.05, 0) is 89.9 Å². The predicted octanol–water partition coefficient (Wildman–Crippen LogP) is 7.29. The lowest BCUT2D eigenvalue weighted by atomic mass is 9.71. The molecular formula is C29H31N2O+. The Balaban J connectivity index is 1.60. The molecule has 0 unspecified atom stereocenters. The molecule has 32 heavy (non-hydrogen) atoms. The molecule has 1 aliphatic carbocycles. The summed E-state index contributed by atoms with van der Waals surface area (Å²) in [7, 11) is 2.10. The fraction of sp³-hybridized carbons (Fsp3) is 0.379. The van der Waals surface area contributed by atoms with E-state index in [-0.39, 0.29) is 0 Å². The summed E-state index contributed by atoms with van der Waals surface area (Å²) >= 11 is 0. The summed E-state index contributed by atoms with van der Waals surface area (Å²) in [6.07, 6.45) is 7.01. The third kappa shape index (κ3) is 2.80. The van der Waals surface area contributed by atoms with Crippen LogP contribution < -0.4 is 9.30 Å². The van der Waals surface area contributed by atoms with Gasteiger partial charge in [-0.1, -0.05) is 38.1 Å². The molecule has 3 aromatic carbocycles. The van der Waals surface area contributed by atoms with Gasteiger partial charge in [-0.25, -0.2) is 4.57 Å². The molecule has 0 N–H and O–H groups in total. The molecule has 3 heteroatoms. The third-order valence-corrected chi connectivity index (χ3v) is 8.00. The molecule has 0 amide bonds. The first-order valence-corrected chi connectivity index (χ1v) is 11.9. The topological polar surface area (TPSA) is 26.0 Å². The Morgan fingerprint density at radius 1 is 1.00 bits per heavy atom. The Morgan fingerprint density at radius 3 is 2.41 bits per heavy atom. The van der Waals surface area contributed by atoms with Gasteiger partial charge in [-0.3, -0.25) is 0 Å². The SMILES string of the molecule is Cc1c2c(c(C)c3ccccc13)-c1c3c(cc(C4CCC(C)(C)CC4)cc3nc[n+]1C)O2. The predicted molar refractivity (Wildman–Crippen MR) is 130 cm³/mol. The van der Waals surface area contributed by atoms with Gasteiger partial charge in [0.25, 0.3) is 6.33 Å². The average molecular weight is 424 g/mol. The average Bonchev–Trinajstić information content (AvgIpc) is 2.79. The summed E-state index contributed by atoms with van der Waals surface area (Å²) < 4.78 is 8.91. The fourth-order valence-corrected chi connectivity index (χ4v) is 5.97. The number of hydrogen-bond donors (Lipinski definition) is 0. The normalized spacial score (nSPS) is 17.4. The molecule has 0 radical (unpaired) electrons. The van der Waals surface area contributed by atoms with Crippen LogP contribution in [-0.4, -0.2) is 4.98 Å². The van der Waals surface area contributed by atoms with E-state index in [0.717, 1.165) is 22.4 Å². The van der Waals surface area contributed by atoms with Gasteiger partial charge >= 0.3 is 0 Å². The summed E-state index contributed by atoms with van der Waals surface area (Å²) in [6.45, 7) is 9.21. The Kier molecular flexibility index (Phi) is 4.18. The van der Waals surface area contributed by atoms with E-state index in [1.54, 1.807) is 0 Å². The Morgan fingerprint density at radius 2 is 1.69 bits per heavy atom. The van der Waals surface area contributed by atoms with E-state index in [9.17, 15) is 0 Å². The van der Waals surface area contributed by atoms with E-state index in [1.165, 1.54) is 64.4 Å². The van der Waals surface area contributed by atoms with Gasteiger partial charge in [0.1, 0.15) is 16.9 Å². The highest BCUT2D eigenvalue weighted by molar-refractivity contribution is 6.05. The van der Waals surface area contributed by atoms with E-state index in [4.69, 9.17) is 9.72 Å². The van der Waals surface area contributed by atoms with Crippen LogP contribution in [0.15, 0.2) is 42.7 Å². The van der Waals surface area contributed by atoms with E-state index in [1.807, 2.05) is 6.33 Å². The first kappa shape index (κ1) is 19.7. The molecule has 3 nitrogen and oxygen atoms in total. The van der Waals surface area contributed by atoms with Gasteiger partial charge in [-0.2, -0.15) is 0 Å². The number of nitrogens with zero attached hydrogens (tertiary/aromatic N) is 2. The highest BCUT2D eigenvalue weighted by Crippen LogP contribution is 2.51. The first-order valence-electron chi connectivity index (χ1n) is 11.9. The molecule has 0 bridgehead atoms. The zero-order valence-corrected chi connectivity index (χ0v) is 19.7. The van der Waals surface area contributed by atoms with Gasteiger partial charge in [-0.15, -0.1) is 0 Å². The minimum atomic E-state index is 0.464. The molecule has 1 aliphatic heterocycles. The number of aryl methyl sites for hydroxylation is 3. The first-order chi connectivity index (χ1) is 15.3. The molecule has 1 fully saturated rings. The van der Waals surface area contributed by atoms with Crippen LogP contribution in [-0.2, 0) is 7.05 Å². The van der Waals surface area contributed by atoms with E-state index in [2.05, 4.69) is 75.7 Å². The summed E-state index contributed by atoms with van der Waals surface area (Å²) in [5, 5.41) is 3.70. The van der Waals surface area contributed by atoms with E-state index >= 15 is 0 Å². The van der Waals surface area contributed by atoms with Crippen molar-refractivity contribution in [3.05, 3.63) is 59.4 Å². The quantitative estimate of drug-likeness (QED) is 0.265. The molecule has 4 aromatic rings. The minimum Gasteiger partial charge on any atom is -0.455 e. The highest BCUT2D eigenvalue weighted by atomic mass is 16.5. The number of ether oxygens (including phenoxy) is 1. The van der Waals surface area contributed by atoms with Crippen molar-refractivity contribution >= 4 is 21.7 Å². The van der Waals surface area contributed by atoms with Crippen LogP contribution >= 0.6 is 0 Å². The van der Waals surface area contributed by atoms with Crippen LogP contribution in [0.3, 0.4) is 0 Å². The summed E-state index contributed by atoms with van der Waals surface area (Å²) in [5.74, 6) is 2.55. The maximum absolute atomic E-state index is 6.74. The van der Waals surface area contributed by atoms with Crippen molar-refractivity contribution in [2.24, 2.45) is 12.5 Å².